The lowest BCUT2D eigenvalue weighted by Gasteiger charge is -2.23. The van der Waals surface area contributed by atoms with E-state index in [2.05, 4.69) is 15.5 Å². The molecule has 1 aromatic heterocycles. The molecule has 0 saturated carbocycles. The van der Waals surface area contributed by atoms with Gasteiger partial charge >= 0.3 is 0 Å². The highest BCUT2D eigenvalue weighted by Crippen LogP contribution is 2.29. The quantitative estimate of drug-likeness (QED) is 0.863. The first-order valence-electron chi connectivity index (χ1n) is 6.53. The summed E-state index contributed by atoms with van der Waals surface area (Å²) < 4.78 is 20.5. The lowest BCUT2D eigenvalue weighted by atomic mass is 10.0. The first kappa shape index (κ1) is 13.0. The Balaban J connectivity index is 1.93. The van der Waals surface area contributed by atoms with Gasteiger partial charge in [0.25, 0.3) is 0 Å². The molecule has 1 atom stereocenters. The molecule has 106 valence electrons. The first-order valence-corrected chi connectivity index (χ1v) is 6.53. The van der Waals surface area contributed by atoms with Crippen molar-refractivity contribution in [3.05, 3.63) is 24.0 Å². The van der Waals surface area contributed by atoms with Crippen LogP contribution in [-0.4, -0.2) is 32.4 Å². The number of aromatic nitrogens is 4. The summed E-state index contributed by atoms with van der Waals surface area (Å²) in [5.74, 6) is 0.149. The largest absolute Gasteiger partial charge is 0.398 e. The lowest BCUT2D eigenvalue weighted by molar-refractivity contribution is 0.00356. The van der Waals surface area contributed by atoms with E-state index in [9.17, 15) is 4.39 Å². The molecule has 0 aliphatic carbocycles. The normalized spacial score (nSPS) is 22.3. The molecule has 0 radical (unpaired) electrons. The zero-order chi connectivity index (χ0) is 14.2. The van der Waals surface area contributed by atoms with Crippen molar-refractivity contribution in [1.82, 2.24) is 20.2 Å². The summed E-state index contributed by atoms with van der Waals surface area (Å²) in [6.07, 6.45) is 2.00. The van der Waals surface area contributed by atoms with Gasteiger partial charge in [-0.1, -0.05) is 0 Å². The smallest absolute Gasteiger partial charge is 0.184 e. The lowest BCUT2D eigenvalue weighted by Crippen LogP contribution is -2.30. The number of hydrogen-bond donors (Lipinski definition) is 1. The minimum Gasteiger partial charge on any atom is -0.398 e. The van der Waals surface area contributed by atoms with Gasteiger partial charge in [-0.3, -0.25) is 0 Å². The van der Waals surface area contributed by atoms with Crippen molar-refractivity contribution in [3.8, 4) is 11.4 Å². The Hall–Kier alpha value is -2.02. The van der Waals surface area contributed by atoms with E-state index in [1.165, 1.54) is 12.1 Å². The molecule has 0 bridgehead atoms. The fraction of sp³-hybridized carbons (Fsp3) is 0.462. The summed E-state index contributed by atoms with van der Waals surface area (Å²) in [4.78, 5) is 0. The van der Waals surface area contributed by atoms with Crippen LogP contribution in [0.25, 0.3) is 11.4 Å². The van der Waals surface area contributed by atoms with E-state index in [1.54, 1.807) is 10.7 Å². The first-order chi connectivity index (χ1) is 9.57. The minimum atomic E-state index is -0.378. The summed E-state index contributed by atoms with van der Waals surface area (Å²) in [7, 11) is 0. The number of nitrogens with zero attached hydrogens (tertiary/aromatic N) is 4. The van der Waals surface area contributed by atoms with Crippen LogP contribution >= 0.6 is 0 Å². The van der Waals surface area contributed by atoms with E-state index in [0.717, 1.165) is 19.4 Å². The molecular weight excluding hydrogens is 261 g/mol. The Labute approximate surface area is 115 Å². The number of nitrogen functional groups attached to an aromatic ring is 1. The highest BCUT2D eigenvalue weighted by atomic mass is 19.1. The molecule has 3 rings (SSSR count). The van der Waals surface area contributed by atoms with Crippen LogP contribution in [0.1, 0.15) is 19.8 Å². The third kappa shape index (κ3) is 2.36. The number of nitrogens with two attached hydrogens (primary N) is 1. The summed E-state index contributed by atoms with van der Waals surface area (Å²) in [5, 5.41) is 11.7. The maximum absolute atomic E-state index is 13.1. The standard InChI is InChI=1S/C13H16FN5O/c1-13(5-2-6-20-13)8-19-12(16-17-18-19)10-4-3-9(14)7-11(10)15/h3-4,7H,2,5-6,8,15H2,1H3. The second-order valence-electron chi connectivity index (χ2n) is 5.29. The number of rotatable bonds is 3. The molecule has 1 aliphatic heterocycles. The van der Waals surface area contributed by atoms with Crippen molar-refractivity contribution in [2.24, 2.45) is 0 Å². The second-order valence-corrected chi connectivity index (χ2v) is 5.29. The van der Waals surface area contributed by atoms with Gasteiger partial charge in [-0.05, 0) is 48.4 Å². The van der Waals surface area contributed by atoms with Gasteiger partial charge in [-0.2, -0.15) is 0 Å². The SMILES string of the molecule is CC1(Cn2nnnc2-c2ccc(F)cc2N)CCCO1. The van der Waals surface area contributed by atoms with Gasteiger partial charge in [0.15, 0.2) is 5.82 Å². The number of ether oxygens (including phenoxy) is 1. The van der Waals surface area contributed by atoms with Gasteiger partial charge in [-0.15, -0.1) is 5.10 Å². The maximum atomic E-state index is 13.1. The Kier molecular flexibility index (Phi) is 3.13. The monoisotopic (exact) mass is 277 g/mol. The Bertz CT molecular complexity index is 621. The summed E-state index contributed by atoms with van der Waals surface area (Å²) >= 11 is 0. The summed E-state index contributed by atoms with van der Waals surface area (Å²) in [6, 6.07) is 4.20. The van der Waals surface area contributed by atoms with Crippen LogP contribution in [0.4, 0.5) is 10.1 Å². The van der Waals surface area contributed by atoms with Gasteiger partial charge in [0, 0.05) is 17.9 Å². The molecule has 1 saturated heterocycles. The minimum absolute atomic E-state index is 0.265. The van der Waals surface area contributed by atoms with E-state index in [1.807, 2.05) is 6.92 Å². The van der Waals surface area contributed by atoms with Crippen molar-refractivity contribution in [3.63, 3.8) is 0 Å². The second kappa shape index (κ2) is 4.82. The maximum Gasteiger partial charge on any atom is 0.184 e. The average molecular weight is 277 g/mol. The Morgan fingerprint density at radius 2 is 2.35 bits per heavy atom. The van der Waals surface area contributed by atoms with Gasteiger partial charge in [0.1, 0.15) is 5.82 Å². The number of halogens is 1. The van der Waals surface area contributed by atoms with Crippen molar-refractivity contribution >= 4 is 5.69 Å². The van der Waals surface area contributed by atoms with Crippen LogP contribution in [-0.2, 0) is 11.3 Å². The third-order valence-corrected chi connectivity index (χ3v) is 3.57. The third-order valence-electron chi connectivity index (χ3n) is 3.57. The molecule has 6 nitrogen and oxygen atoms in total. The average Bonchev–Trinajstić information content (AvgIpc) is 3.00. The zero-order valence-electron chi connectivity index (χ0n) is 11.2. The topological polar surface area (TPSA) is 78.9 Å². The number of benzene rings is 1. The van der Waals surface area contributed by atoms with Gasteiger partial charge < -0.3 is 10.5 Å². The fourth-order valence-electron chi connectivity index (χ4n) is 2.52. The van der Waals surface area contributed by atoms with Crippen LogP contribution in [0.5, 0.6) is 0 Å². The van der Waals surface area contributed by atoms with E-state index in [0.29, 0.717) is 23.6 Å². The predicted molar refractivity (Wildman–Crippen MR) is 71.2 cm³/mol. The Morgan fingerprint density at radius 1 is 1.50 bits per heavy atom. The molecule has 1 aromatic carbocycles. The van der Waals surface area contributed by atoms with Crippen LogP contribution in [0.15, 0.2) is 18.2 Å². The van der Waals surface area contributed by atoms with E-state index in [-0.39, 0.29) is 11.4 Å². The van der Waals surface area contributed by atoms with E-state index >= 15 is 0 Å². The van der Waals surface area contributed by atoms with Crippen LogP contribution in [0.2, 0.25) is 0 Å². The Morgan fingerprint density at radius 3 is 3.05 bits per heavy atom. The van der Waals surface area contributed by atoms with Gasteiger partial charge in [0.2, 0.25) is 0 Å². The van der Waals surface area contributed by atoms with Crippen molar-refractivity contribution in [2.75, 3.05) is 12.3 Å². The molecule has 2 N–H and O–H groups in total. The molecule has 1 unspecified atom stereocenters. The van der Waals surface area contributed by atoms with Gasteiger partial charge in [-0.25, -0.2) is 9.07 Å². The molecule has 2 heterocycles. The molecule has 0 spiro atoms. The highest BCUT2D eigenvalue weighted by molar-refractivity contribution is 5.71. The van der Waals surface area contributed by atoms with Crippen LogP contribution < -0.4 is 5.73 Å². The van der Waals surface area contributed by atoms with Crippen molar-refractivity contribution in [2.45, 2.75) is 31.9 Å². The predicted octanol–water partition coefficient (Wildman–Crippen LogP) is 1.63. The summed E-state index contributed by atoms with van der Waals surface area (Å²) in [5.41, 5.74) is 6.52. The number of tetrazole rings is 1. The molecule has 0 amide bonds. The molecule has 7 heteroatoms. The van der Waals surface area contributed by atoms with Crippen LogP contribution in [0.3, 0.4) is 0 Å². The van der Waals surface area contributed by atoms with Crippen molar-refractivity contribution in [1.29, 1.82) is 0 Å². The van der Waals surface area contributed by atoms with E-state index < -0.39 is 0 Å². The molecular formula is C13H16FN5O. The molecule has 2 aromatic rings. The van der Waals surface area contributed by atoms with Crippen molar-refractivity contribution < 1.29 is 9.13 Å². The fourth-order valence-corrected chi connectivity index (χ4v) is 2.52. The molecule has 1 aliphatic rings. The molecule has 1 fully saturated rings. The van der Waals surface area contributed by atoms with Crippen LogP contribution in [0, 0.1) is 5.82 Å². The zero-order valence-corrected chi connectivity index (χ0v) is 11.2. The number of hydrogen-bond acceptors (Lipinski definition) is 5. The number of anilines is 1. The van der Waals surface area contributed by atoms with E-state index in [4.69, 9.17) is 10.5 Å². The summed E-state index contributed by atoms with van der Waals surface area (Å²) in [6.45, 7) is 3.35. The molecule has 20 heavy (non-hydrogen) atoms. The highest BCUT2D eigenvalue weighted by Gasteiger charge is 2.32. The van der Waals surface area contributed by atoms with Gasteiger partial charge in [0.05, 0.1) is 12.1 Å².